The van der Waals surface area contributed by atoms with Gasteiger partial charge in [0.2, 0.25) is 0 Å². The number of pyridine rings is 1. The number of carbonyl (C=O) groups excluding carboxylic acids is 2. The molecule has 3 aromatic rings. The molecule has 0 unspecified atom stereocenters. The summed E-state index contributed by atoms with van der Waals surface area (Å²) < 4.78 is 56.1. The molecule has 10 heteroatoms. The first-order valence-electron chi connectivity index (χ1n) is 8.00. The Hall–Kier alpha value is -3.95. The number of rotatable bonds is 4. The van der Waals surface area contributed by atoms with Crippen LogP contribution in [0.3, 0.4) is 0 Å². The van der Waals surface area contributed by atoms with E-state index in [-0.39, 0.29) is 11.3 Å². The average Bonchev–Trinajstić information content (AvgIpc) is 2.64. The fraction of sp³-hybridized carbons (Fsp3) is 0. The van der Waals surface area contributed by atoms with Gasteiger partial charge in [0.25, 0.3) is 5.91 Å². The quantitative estimate of drug-likeness (QED) is 0.649. The SMILES string of the molecule is NC(=O)c1c(N(C(N)=O)c2c(F)cccc2F)ccnc1-c1ccc(F)cc1F. The van der Waals surface area contributed by atoms with Crippen LogP contribution in [-0.4, -0.2) is 16.9 Å². The molecule has 0 saturated heterocycles. The first-order chi connectivity index (χ1) is 13.7. The number of hydrogen-bond donors (Lipinski definition) is 2. The van der Waals surface area contributed by atoms with Crippen LogP contribution in [0.4, 0.5) is 33.7 Å². The van der Waals surface area contributed by atoms with Crippen LogP contribution in [-0.2, 0) is 0 Å². The lowest BCUT2D eigenvalue weighted by atomic mass is 10.0. The van der Waals surface area contributed by atoms with E-state index in [1.807, 2.05) is 0 Å². The van der Waals surface area contributed by atoms with Crippen LogP contribution in [0.25, 0.3) is 11.3 Å². The van der Waals surface area contributed by atoms with Crippen molar-refractivity contribution in [3.05, 3.63) is 77.5 Å². The summed E-state index contributed by atoms with van der Waals surface area (Å²) in [5, 5.41) is 0. The lowest BCUT2D eigenvalue weighted by Crippen LogP contribution is -2.35. The molecule has 0 aliphatic carbocycles. The minimum Gasteiger partial charge on any atom is -0.365 e. The summed E-state index contributed by atoms with van der Waals surface area (Å²) in [5.74, 6) is -5.43. The van der Waals surface area contributed by atoms with Gasteiger partial charge in [0.05, 0.1) is 16.9 Å². The van der Waals surface area contributed by atoms with Gasteiger partial charge >= 0.3 is 6.03 Å². The van der Waals surface area contributed by atoms with E-state index in [9.17, 15) is 27.2 Å². The summed E-state index contributed by atoms with van der Waals surface area (Å²) >= 11 is 0. The Morgan fingerprint density at radius 3 is 2.10 bits per heavy atom. The average molecular weight is 404 g/mol. The fourth-order valence-corrected chi connectivity index (χ4v) is 2.82. The highest BCUT2D eigenvalue weighted by Crippen LogP contribution is 2.36. The van der Waals surface area contributed by atoms with Crippen molar-refractivity contribution in [2.75, 3.05) is 4.90 Å². The van der Waals surface area contributed by atoms with Gasteiger partial charge in [0, 0.05) is 17.8 Å². The first kappa shape index (κ1) is 19.8. The molecule has 3 amide bonds. The molecular weight excluding hydrogens is 392 g/mol. The van der Waals surface area contributed by atoms with E-state index >= 15 is 0 Å². The summed E-state index contributed by atoms with van der Waals surface area (Å²) in [4.78, 5) is 28.5. The Balaban J connectivity index is 2.34. The molecule has 1 aromatic heterocycles. The van der Waals surface area contributed by atoms with E-state index in [0.29, 0.717) is 11.0 Å². The monoisotopic (exact) mass is 404 g/mol. The number of amides is 3. The molecule has 4 N–H and O–H groups in total. The van der Waals surface area contributed by atoms with Crippen LogP contribution in [0, 0.1) is 23.3 Å². The molecule has 1 heterocycles. The smallest absolute Gasteiger partial charge is 0.324 e. The molecule has 0 saturated carbocycles. The van der Waals surface area contributed by atoms with E-state index in [2.05, 4.69) is 4.98 Å². The molecule has 0 spiro atoms. The molecule has 6 nitrogen and oxygen atoms in total. The summed E-state index contributed by atoms with van der Waals surface area (Å²) in [7, 11) is 0. The second-order valence-corrected chi connectivity index (χ2v) is 5.79. The maximum absolute atomic E-state index is 14.3. The second-order valence-electron chi connectivity index (χ2n) is 5.79. The van der Waals surface area contributed by atoms with Gasteiger partial charge < -0.3 is 11.5 Å². The Kier molecular flexibility index (Phi) is 5.18. The third-order valence-corrected chi connectivity index (χ3v) is 3.98. The fourth-order valence-electron chi connectivity index (χ4n) is 2.82. The second kappa shape index (κ2) is 7.58. The van der Waals surface area contributed by atoms with Crippen LogP contribution in [0.15, 0.2) is 48.7 Å². The van der Waals surface area contributed by atoms with Gasteiger partial charge in [0.15, 0.2) is 0 Å². The zero-order valence-corrected chi connectivity index (χ0v) is 14.5. The van der Waals surface area contributed by atoms with Crippen molar-refractivity contribution < 1.29 is 27.2 Å². The van der Waals surface area contributed by atoms with Crippen LogP contribution in [0.5, 0.6) is 0 Å². The molecule has 3 rings (SSSR count). The Morgan fingerprint density at radius 1 is 0.897 bits per heavy atom. The van der Waals surface area contributed by atoms with Crippen molar-refractivity contribution in [3.8, 4) is 11.3 Å². The molecular formula is C19H12F4N4O2. The van der Waals surface area contributed by atoms with E-state index in [0.717, 1.165) is 42.6 Å². The number of anilines is 2. The molecule has 0 atom stereocenters. The van der Waals surface area contributed by atoms with Gasteiger partial charge in [-0.25, -0.2) is 22.4 Å². The highest BCUT2D eigenvalue weighted by molar-refractivity contribution is 6.10. The number of benzene rings is 2. The third kappa shape index (κ3) is 3.59. The largest absolute Gasteiger partial charge is 0.365 e. The first-order valence-corrected chi connectivity index (χ1v) is 8.00. The van der Waals surface area contributed by atoms with Crippen molar-refractivity contribution in [2.24, 2.45) is 11.5 Å². The van der Waals surface area contributed by atoms with Gasteiger partial charge in [-0.1, -0.05) is 6.07 Å². The number of urea groups is 1. The van der Waals surface area contributed by atoms with Crippen LogP contribution < -0.4 is 16.4 Å². The number of primary amides is 2. The van der Waals surface area contributed by atoms with Crippen molar-refractivity contribution in [3.63, 3.8) is 0 Å². The van der Waals surface area contributed by atoms with Crippen LogP contribution in [0.2, 0.25) is 0 Å². The zero-order chi connectivity index (χ0) is 21.3. The molecule has 0 fully saturated rings. The maximum atomic E-state index is 14.3. The summed E-state index contributed by atoms with van der Waals surface area (Å²) in [6.45, 7) is 0. The van der Waals surface area contributed by atoms with E-state index in [1.54, 1.807) is 0 Å². The predicted octanol–water partition coefficient (Wildman–Crippen LogP) is 3.62. The number of nitrogens with zero attached hydrogens (tertiary/aromatic N) is 2. The third-order valence-electron chi connectivity index (χ3n) is 3.98. The van der Waals surface area contributed by atoms with Crippen molar-refractivity contribution in [2.45, 2.75) is 0 Å². The standard InChI is InChI=1S/C19H12F4N4O2/c20-9-4-5-10(13(23)8-9)16-15(18(24)28)14(6-7-26-16)27(19(25)29)17-11(21)2-1-3-12(17)22/h1-8H,(H2,24,28)(H2,25,29). The Bertz CT molecular complexity index is 1120. The highest BCUT2D eigenvalue weighted by Gasteiger charge is 2.29. The molecule has 148 valence electrons. The van der Waals surface area contributed by atoms with E-state index in [4.69, 9.17) is 11.5 Å². The molecule has 0 bridgehead atoms. The van der Waals surface area contributed by atoms with Gasteiger partial charge in [0.1, 0.15) is 29.0 Å². The minimum atomic E-state index is -1.34. The molecule has 0 radical (unpaired) electrons. The van der Waals surface area contributed by atoms with Crippen molar-refractivity contribution >= 4 is 23.3 Å². The summed E-state index contributed by atoms with van der Waals surface area (Å²) in [5.41, 5.74) is 8.17. The molecule has 0 aliphatic rings. The topological polar surface area (TPSA) is 102 Å². The predicted molar refractivity (Wildman–Crippen MR) is 96.2 cm³/mol. The summed E-state index contributed by atoms with van der Waals surface area (Å²) in [6, 6.07) is 5.00. The summed E-state index contributed by atoms with van der Waals surface area (Å²) in [6.07, 6.45) is 1.05. The normalized spacial score (nSPS) is 10.6. The van der Waals surface area contributed by atoms with Gasteiger partial charge in [-0.3, -0.25) is 14.7 Å². The number of hydrogen-bond acceptors (Lipinski definition) is 3. The van der Waals surface area contributed by atoms with E-state index < -0.39 is 52.1 Å². The van der Waals surface area contributed by atoms with Crippen molar-refractivity contribution in [1.82, 2.24) is 4.98 Å². The Labute approximate surface area is 161 Å². The van der Waals surface area contributed by atoms with E-state index in [1.165, 1.54) is 0 Å². The van der Waals surface area contributed by atoms with Gasteiger partial charge in [-0.15, -0.1) is 0 Å². The minimum absolute atomic E-state index is 0.319. The van der Waals surface area contributed by atoms with Gasteiger partial charge in [-0.2, -0.15) is 0 Å². The zero-order valence-electron chi connectivity index (χ0n) is 14.5. The molecule has 0 aliphatic heterocycles. The molecule has 2 aromatic carbocycles. The lowest BCUT2D eigenvalue weighted by Gasteiger charge is -2.24. The van der Waals surface area contributed by atoms with Crippen LogP contribution >= 0.6 is 0 Å². The maximum Gasteiger partial charge on any atom is 0.324 e. The van der Waals surface area contributed by atoms with Crippen LogP contribution in [0.1, 0.15) is 10.4 Å². The number of halogens is 4. The number of carbonyl (C=O) groups is 2. The molecule has 29 heavy (non-hydrogen) atoms. The highest BCUT2D eigenvalue weighted by atomic mass is 19.1. The van der Waals surface area contributed by atoms with Crippen molar-refractivity contribution in [1.29, 1.82) is 0 Å². The number of para-hydroxylation sites is 1. The van der Waals surface area contributed by atoms with Gasteiger partial charge in [-0.05, 0) is 30.3 Å². The lowest BCUT2D eigenvalue weighted by molar-refractivity contribution is 0.100. The Morgan fingerprint density at radius 2 is 1.55 bits per heavy atom. The number of aromatic nitrogens is 1. The number of nitrogens with two attached hydrogens (primary N) is 2.